The summed E-state index contributed by atoms with van der Waals surface area (Å²) in [5.41, 5.74) is 7.30. The minimum absolute atomic E-state index is 0.0109. The summed E-state index contributed by atoms with van der Waals surface area (Å²) in [5.74, 6) is -10.8. The first kappa shape index (κ1) is 52.7. The van der Waals surface area contributed by atoms with E-state index in [9.17, 15) is 58.5 Å². The number of nitrogens with one attached hydrogen (secondary N) is 4. The highest BCUT2D eigenvalue weighted by atomic mass is 16.4. The Morgan fingerprint density at radius 1 is 0.714 bits per heavy atom. The average molecular weight is 881 g/mol. The number of hydrogen-bond donors (Lipinski definition) is 10. The third-order valence-corrected chi connectivity index (χ3v) is 9.53. The molecule has 0 aliphatic rings. The van der Waals surface area contributed by atoms with Crippen LogP contribution in [0.3, 0.4) is 0 Å². The molecule has 0 bridgehead atoms. The standard InChI is InChI=1S/C42H57BN6O14/c1-25(2)21-31(39(58)45-20-10-9-19-43(62)63)47-40(59)32(22-27-12-5-4-6-13-27)48-41(60)33(23-28-14-8-7-11-26(28)3)49(34(50)16-18-36(53)54)42(61)30(15-17-35(51)52)46-38(57)29(44)24-37(55)56/h4-8,10-14,20,25,29-33,62-63H,9,15-19,21-24,44H2,1-3H3,(H,45,58)(H,46,57)(H,47,59)(H,48,60)(H,51,52)(H,53,54)(H,55,56)/t29-,30-,31-,32-,33-/m0/s1. The Morgan fingerprint density at radius 3 is 1.90 bits per heavy atom. The van der Waals surface area contributed by atoms with Crippen molar-refractivity contribution in [3.8, 4) is 0 Å². The van der Waals surface area contributed by atoms with E-state index in [1.165, 1.54) is 12.3 Å². The lowest BCUT2D eigenvalue weighted by molar-refractivity contribution is -0.155. The molecule has 63 heavy (non-hydrogen) atoms. The molecule has 6 amide bonds. The summed E-state index contributed by atoms with van der Waals surface area (Å²) in [6.45, 7) is 5.30. The Morgan fingerprint density at radius 2 is 1.32 bits per heavy atom. The van der Waals surface area contributed by atoms with Crippen molar-refractivity contribution < 1.29 is 68.5 Å². The SMILES string of the molecule is Cc1ccccc1C[C@@H](C(=O)N[C@@H](Cc1ccccc1)C(=O)N[C@@H](CC(C)C)C(=O)NC=CCCB(O)O)N(C(=O)CCC(=O)O)C(=O)[C@H](CCC(=O)O)NC(=O)[C@@H](N)CC(=O)O. The fourth-order valence-corrected chi connectivity index (χ4v) is 6.26. The number of hydrogen-bond acceptors (Lipinski definition) is 12. The monoisotopic (exact) mass is 880 g/mol. The molecule has 0 heterocycles. The van der Waals surface area contributed by atoms with E-state index in [1.807, 2.05) is 13.8 Å². The van der Waals surface area contributed by atoms with Crippen LogP contribution in [-0.4, -0.2) is 121 Å². The van der Waals surface area contributed by atoms with Crippen molar-refractivity contribution >= 4 is 60.5 Å². The fraction of sp³-hybridized carbons (Fsp3) is 0.452. The van der Waals surface area contributed by atoms with Gasteiger partial charge in [0.2, 0.25) is 29.5 Å². The molecule has 0 saturated heterocycles. The van der Waals surface area contributed by atoms with Crippen LogP contribution in [0.15, 0.2) is 66.9 Å². The number of aryl methyl sites for hydroxylation is 1. The molecule has 5 atom stereocenters. The molecule has 0 spiro atoms. The molecule has 20 nitrogen and oxygen atoms in total. The van der Waals surface area contributed by atoms with Crippen LogP contribution in [0.5, 0.6) is 0 Å². The number of rotatable bonds is 27. The molecule has 342 valence electrons. The topological polar surface area (TPSA) is 332 Å². The molecule has 21 heteroatoms. The van der Waals surface area contributed by atoms with Gasteiger partial charge in [-0.2, -0.15) is 0 Å². The first-order chi connectivity index (χ1) is 29.7. The first-order valence-electron chi connectivity index (χ1n) is 20.3. The zero-order valence-electron chi connectivity index (χ0n) is 35.4. The van der Waals surface area contributed by atoms with Crippen molar-refractivity contribution in [1.29, 1.82) is 0 Å². The molecule has 2 aromatic rings. The van der Waals surface area contributed by atoms with Crippen LogP contribution in [0.2, 0.25) is 6.32 Å². The number of amides is 6. The second kappa shape index (κ2) is 26.8. The van der Waals surface area contributed by atoms with Gasteiger partial charge < -0.3 is 52.4 Å². The number of imide groups is 1. The quantitative estimate of drug-likeness (QED) is 0.0530. The molecule has 0 unspecified atom stereocenters. The van der Waals surface area contributed by atoms with Crippen molar-refractivity contribution in [3.63, 3.8) is 0 Å². The molecule has 11 N–H and O–H groups in total. The van der Waals surface area contributed by atoms with E-state index in [4.69, 9.17) is 15.8 Å². The highest BCUT2D eigenvalue weighted by Crippen LogP contribution is 2.19. The van der Waals surface area contributed by atoms with Gasteiger partial charge in [0, 0.05) is 25.7 Å². The number of nitrogens with two attached hydrogens (primary N) is 1. The van der Waals surface area contributed by atoms with Crippen LogP contribution < -0.4 is 27.0 Å². The van der Waals surface area contributed by atoms with E-state index >= 15 is 0 Å². The summed E-state index contributed by atoms with van der Waals surface area (Å²) < 4.78 is 0. The van der Waals surface area contributed by atoms with Gasteiger partial charge in [-0.1, -0.05) is 74.5 Å². The maximum atomic E-state index is 14.8. The second-order valence-electron chi connectivity index (χ2n) is 15.3. The van der Waals surface area contributed by atoms with E-state index in [0.29, 0.717) is 21.6 Å². The predicted octanol–water partition coefficient (Wildman–Crippen LogP) is 0.0289. The summed E-state index contributed by atoms with van der Waals surface area (Å²) in [7, 11) is -1.55. The van der Waals surface area contributed by atoms with Gasteiger partial charge in [0.1, 0.15) is 24.2 Å². The van der Waals surface area contributed by atoms with Crippen molar-refractivity contribution in [1.82, 2.24) is 26.2 Å². The Balaban J connectivity index is 2.74. The van der Waals surface area contributed by atoms with Gasteiger partial charge in [0.05, 0.1) is 18.9 Å². The highest BCUT2D eigenvalue weighted by molar-refractivity contribution is 6.40. The number of allylic oxidation sites excluding steroid dienone is 1. The second-order valence-corrected chi connectivity index (χ2v) is 15.3. The molecule has 0 aromatic heterocycles. The number of nitrogens with zero attached hydrogens (tertiary/aromatic N) is 1. The molecule has 0 aliphatic heterocycles. The molecular formula is C42H57BN6O14. The van der Waals surface area contributed by atoms with Crippen molar-refractivity contribution in [3.05, 3.63) is 83.6 Å². The average Bonchev–Trinajstić information content (AvgIpc) is 3.20. The minimum Gasteiger partial charge on any atom is -0.481 e. The van der Waals surface area contributed by atoms with Crippen LogP contribution in [0, 0.1) is 12.8 Å². The maximum Gasteiger partial charge on any atom is 0.451 e. The Bertz CT molecular complexity index is 1950. The minimum atomic E-state index is -1.89. The normalized spacial score (nSPS) is 13.4. The molecule has 2 aromatic carbocycles. The Kier molecular flexibility index (Phi) is 22.4. The van der Waals surface area contributed by atoms with Gasteiger partial charge >= 0.3 is 25.0 Å². The number of aliphatic carboxylic acids is 3. The van der Waals surface area contributed by atoms with Crippen molar-refractivity contribution in [2.75, 3.05) is 0 Å². The largest absolute Gasteiger partial charge is 0.481 e. The van der Waals surface area contributed by atoms with Gasteiger partial charge in [-0.25, -0.2) is 0 Å². The van der Waals surface area contributed by atoms with Crippen LogP contribution in [0.1, 0.15) is 75.5 Å². The van der Waals surface area contributed by atoms with Crippen LogP contribution in [0.25, 0.3) is 0 Å². The van der Waals surface area contributed by atoms with Crippen LogP contribution in [-0.2, 0) is 56.0 Å². The van der Waals surface area contributed by atoms with E-state index in [-0.39, 0.29) is 31.5 Å². The van der Waals surface area contributed by atoms with Gasteiger partial charge in [-0.05, 0) is 61.3 Å². The fourth-order valence-electron chi connectivity index (χ4n) is 6.26. The molecule has 0 saturated carbocycles. The summed E-state index contributed by atoms with van der Waals surface area (Å²) in [6, 6.07) is 6.87. The van der Waals surface area contributed by atoms with Crippen LogP contribution >= 0.6 is 0 Å². The molecular weight excluding hydrogens is 823 g/mol. The number of carbonyl (C=O) groups is 9. The van der Waals surface area contributed by atoms with E-state index in [0.717, 1.165) is 0 Å². The van der Waals surface area contributed by atoms with Crippen molar-refractivity contribution in [2.24, 2.45) is 11.7 Å². The first-order valence-corrected chi connectivity index (χ1v) is 20.3. The molecule has 0 fully saturated rings. The zero-order chi connectivity index (χ0) is 47.2. The van der Waals surface area contributed by atoms with Gasteiger partial charge in [0.15, 0.2) is 0 Å². The van der Waals surface area contributed by atoms with Gasteiger partial charge in [0.25, 0.3) is 5.91 Å². The molecule has 0 aliphatic carbocycles. The number of carbonyl (C=O) groups excluding carboxylic acids is 6. The lowest BCUT2D eigenvalue weighted by Crippen LogP contribution is -2.62. The Hall–Kier alpha value is -6.45. The summed E-state index contributed by atoms with van der Waals surface area (Å²) >= 11 is 0. The molecule has 2 rings (SSSR count). The third-order valence-electron chi connectivity index (χ3n) is 9.53. The molecule has 0 radical (unpaired) electrons. The third kappa shape index (κ3) is 19.4. The highest BCUT2D eigenvalue weighted by Gasteiger charge is 2.41. The smallest absolute Gasteiger partial charge is 0.451 e. The number of carboxylic acids is 3. The summed E-state index contributed by atoms with van der Waals surface area (Å²) in [4.78, 5) is 119. The van der Waals surface area contributed by atoms with Gasteiger partial charge in [-0.3, -0.25) is 48.1 Å². The van der Waals surface area contributed by atoms with Gasteiger partial charge in [-0.15, -0.1) is 0 Å². The summed E-state index contributed by atoms with van der Waals surface area (Å²) in [6.07, 6.45) is -1.40. The van der Waals surface area contributed by atoms with E-state index < -0.39 is 129 Å². The van der Waals surface area contributed by atoms with E-state index in [1.54, 1.807) is 61.5 Å². The van der Waals surface area contributed by atoms with Crippen molar-refractivity contribution in [2.45, 2.75) is 115 Å². The number of carboxylic acid groups (broad SMARTS) is 3. The zero-order valence-corrected chi connectivity index (χ0v) is 35.4. The lowest BCUT2D eigenvalue weighted by atomic mass is 9.85. The van der Waals surface area contributed by atoms with Crippen LogP contribution in [0.4, 0.5) is 0 Å². The number of benzene rings is 2. The Labute approximate surface area is 364 Å². The van der Waals surface area contributed by atoms with E-state index in [2.05, 4.69) is 21.3 Å². The predicted molar refractivity (Wildman–Crippen MR) is 227 cm³/mol. The summed E-state index contributed by atoms with van der Waals surface area (Å²) in [5, 5.41) is 56.4. The lowest BCUT2D eigenvalue weighted by Gasteiger charge is -2.34. The maximum absolute atomic E-state index is 14.8.